The van der Waals surface area contributed by atoms with Gasteiger partial charge in [-0.05, 0) is 36.8 Å². The lowest BCUT2D eigenvalue weighted by atomic mass is 9.86. The fraction of sp³-hybridized carbons (Fsp3) is 0.556. The van der Waals surface area contributed by atoms with Crippen molar-refractivity contribution in [3.05, 3.63) is 29.6 Å². The Morgan fingerprint density at radius 1 is 1.19 bits per heavy atom. The van der Waals surface area contributed by atoms with E-state index in [1.807, 2.05) is 0 Å². The minimum Gasteiger partial charge on any atom is -0.347 e. The third-order valence-corrected chi connectivity index (χ3v) is 5.33. The van der Waals surface area contributed by atoms with Gasteiger partial charge < -0.3 is 15.5 Å². The largest absolute Gasteiger partial charge is 0.347 e. The summed E-state index contributed by atoms with van der Waals surface area (Å²) in [7, 11) is 1.65. The number of carbonyl (C=O) groups is 1. The van der Waals surface area contributed by atoms with E-state index >= 15 is 0 Å². The van der Waals surface area contributed by atoms with Crippen LogP contribution in [0.5, 0.6) is 0 Å². The number of halogens is 3. The Kier molecular flexibility index (Phi) is 5.38. The van der Waals surface area contributed by atoms with Gasteiger partial charge in [0.05, 0.1) is 12.2 Å². The molecule has 3 rings (SSSR count). The predicted molar refractivity (Wildman–Crippen MR) is 93.4 cm³/mol. The summed E-state index contributed by atoms with van der Waals surface area (Å²) in [6.07, 6.45) is 6.12. The van der Waals surface area contributed by atoms with Crippen LogP contribution in [0.4, 0.5) is 18.9 Å². The fourth-order valence-electron chi connectivity index (χ4n) is 3.96. The van der Waals surface area contributed by atoms with E-state index in [1.54, 1.807) is 7.05 Å². The van der Waals surface area contributed by atoms with Crippen molar-refractivity contribution in [3.63, 3.8) is 0 Å². The zero-order valence-corrected chi connectivity index (χ0v) is 14.7. The Morgan fingerprint density at radius 2 is 1.92 bits per heavy atom. The molecule has 2 aliphatic rings. The smallest absolute Gasteiger partial charge is 0.243 e. The molecule has 0 radical (unpaired) electrons. The summed E-state index contributed by atoms with van der Waals surface area (Å²) >= 11 is 0. The summed E-state index contributed by atoms with van der Waals surface area (Å²) in [4.78, 5) is 18.4. The number of carbonyl (C=O) groups excluding carboxylic acids is 1. The van der Waals surface area contributed by atoms with Crippen molar-refractivity contribution in [3.8, 4) is 0 Å². The number of guanidine groups is 1. The molecule has 2 fully saturated rings. The predicted octanol–water partition coefficient (Wildman–Crippen LogP) is 2.88. The minimum atomic E-state index is -1.61. The highest BCUT2D eigenvalue weighted by Gasteiger charge is 2.41. The van der Waals surface area contributed by atoms with Gasteiger partial charge in [-0.25, -0.2) is 13.2 Å². The molecule has 1 amide bonds. The summed E-state index contributed by atoms with van der Waals surface area (Å²) in [5, 5.41) is 5.20. The Labute approximate surface area is 150 Å². The molecule has 5 nitrogen and oxygen atoms in total. The van der Waals surface area contributed by atoms with Gasteiger partial charge in [0.1, 0.15) is 0 Å². The van der Waals surface area contributed by atoms with Crippen LogP contribution in [-0.4, -0.2) is 43.4 Å². The van der Waals surface area contributed by atoms with Gasteiger partial charge in [0.25, 0.3) is 0 Å². The normalized spacial score (nSPS) is 19.2. The lowest BCUT2D eigenvalue weighted by molar-refractivity contribution is -0.115. The van der Waals surface area contributed by atoms with Crippen molar-refractivity contribution in [1.82, 2.24) is 10.2 Å². The van der Waals surface area contributed by atoms with Crippen molar-refractivity contribution in [2.24, 2.45) is 10.4 Å². The summed E-state index contributed by atoms with van der Waals surface area (Å²) in [6.45, 7) is 1.67. The molecule has 0 aromatic heterocycles. The van der Waals surface area contributed by atoms with Gasteiger partial charge in [0, 0.05) is 20.1 Å². The monoisotopic (exact) mass is 368 g/mol. The molecule has 1 heterocycles. The summed E-state index contributed by atoms with van der Waals surface area (Å²) in [6, 6.07) is 1.76. The van der Waals surface area contributed by atoms with E-state index in [9.17, 15) is 18.0 Å². The van der Waals surface area contributed by atoms with Crippen molar-refractivity contribution in [1.29, 1.82) is 0 Å². The summed E-state index contributed by atoms with van der Waals surface area (Å²) < 4.78 is 39.8. The third kappa shape index (κ3) is 3.78. The van der Waals surface area contributed by atoms with Gasteiger partial charge in [-0.3, -0.25) is 9.79 Å². The molecule has 1 saturated carbocycles. The Balaban J connectivity index is 1.54. The maximum Gasteiger partial charge on any atom is 0.243 e. The average molecular weight is 368 g/mol. The van der Waals surface area contributed by atoms with Gasteiger partial charge in [-0.1, -0.05) is 12.8 Å². The summed E-state index contributed by atoms with van der Waals surface area (Å²) in [5.41, 5.74) is -0.0222. The van der Waals surface area contributed by atoms with E-state index in [0.717, 1.165) is 31.6 Å². The number of likely N-dealkylation sites (tertiary alicyclic amines) is 1. The molecular formula is C18H23F3N4O. The third-order valence-electron chi connectivity index (χ3n) is 5.33. The van der Waals surface area contributed by atoms with Crippen LogP contribution >= 0.6 is 0 Å². The lowest BCUT2D eigenvalue weighted by Gasteiger charge is -2.25. The van der Waals surface area contributed by atoms with Crippen molar-refractivity contribution in [2.45, 2.75) is 32.1 Å². The van der Waals surface area contributed by atoms with Crippen LogP contribution < -0.4 is 10.6 Å². The first-order valence-corrected chi connectivity index (χ1v) is 8.83. The van der Waals surface area contributed by atoms with E-state index in [0.29, 0.717) is 11.4 Å². The molecule has 1 aliphatic heterocycles. The summed E-state index contributed by atoms with van der Waals surface area (Å²) in [5.74, 6) is -4.26. The van der Waals surface area contributed by atoms with E-state index in [4.69, 9.17) is 0 Å². The zero-order valence-electron chi connectivity index (χ0n) is 14.7. The van der Waals surface area contributed by atoms with Crippen LogP contribution in [0.2, 0.25) is 0 Å². The number of nitrogens with one attached hydrogen (secondary N) is 2. The average Bonchev–Trinajstić information content (AvgIpc) is 3.26. The second kappa shape index (κ2) is 7.55. The van der Waals surface area contributed by atoms with Crippen LogP contribution in [0.15, 0.2) is 17.1 Å². The maximum absolute atomic E-state index is 13.6. The van der Waals surface area contributed by atoms with Gasteiger partial charge in [0.2, 0.25) is 5.91 Å². The molecule has 8 heteroatoms. The number of hydrogen-bond acceptors (Lipinski definition) is 2. The van der Waals surface area contributed by atoms with Crippen molar-refractivity contribution in [2.75, 3.05) is 32.0 Å². The molecule has 26 heavy (non-hydrogen) atoms. The number of aliphatic imine (C=N–C) groups is 1. The lowest BCUT2D eigenvalue weighted by Crippen LogP contribution is -2.44. The van der Waals surface area contributed by atoms with Crippen LogP contribution in [0.3, 0.4) is 0 Å². The SMILES string of the molecule is CN=C(NCC(=O)Nc1ccc(F)c(F)c1F)N1CCC2(CCCC2)C1. The molecule has 1 aliphatic carbocycles. The number of amides is 1. The molecule has 1 saturated heterocycles. The number of nitrogens with zero attached hydrogens (tertiary/aromatic N) is 2. The number of anilines is 1. The quantitative estimate of drug-likeness (QED) is 0.490. The van der Waals surface area contributed by atoms with Crippen LogP contribution in [-0.2, 0) is 4.79 Å². The highest BCUT2D eigenvalue weighted by molar-refractivity contribution is 5.95. The second-order valence-corrected chi connectivity index (χ2v) is 7.05. The van der Waals surface area contributed by atoms with Crippen LogP contribution in [0, 0.1) is 22.9 Å². The van der Waals surface area contributed by atoms with Gasteiger partial charge in [-0.2, -0.15) is 0 Å². The van der Waals surface area contributed by atoms with Crippen molar-refractivity contribution >= 4 is 17.6 Å². The molecule has 0 bridgehead atoms. The Morgan fingerprint density at radius 3 is 2.62 bits per heavy atom. The zero-order chi connectivity index (χ0) is 18.7. The molecule has 142 valence electrons. The first kappa shape index (κ1) is 18.5. The van der Waals surface area contributed by atoms with Crippen LogP contribution in [0.25, 0.3) is 0 Å². The maximum atomic E-state index is 13.6. The molecule has 1 aromatic rings. The Bertz CT molecular complexity index is 717. The highest BCUT2D eigenvalue weighted by atomic mass is 19.2. The molecule has 1 aromatic carbocycles. The second-order valence-electron chi connectivity index (χ2n) is 7.05. The number of rotatable bonds is 3. The first-order chi connectivity index (χ1) is 12.4. The number of benzene rings is 1. The van der Waals surface area contributed by atoms with E-state index < -0.39 is 29.0 Å². The van der Waals surface area contributed by atoms with E-state index in [-0.39, 0.29) is 6.54 Å². The Hall–Kier alpha value is -2.25. The molecule has 0 unspecified atom stereocenters. The van der Waals surface area contributed by atoms with Gasteiger partial charge in [-0.15, -0.1) is 0 Å². The first-order valence-electron chi connectivity index (χ1n) is 8.83. The highest BCUT2D eigenvalue weighted by Crippen LogP contribution is 2.45. The molecule has 2 N–H and O–H groups in total. The van der Waals surface area contributed by atoms with Gasteiger partial charge >= 0.3 is 0 Å². The standard InChI is InChI=1S/C18H23F3N4O/c1-22-17(25-9-8-18(11-25)6-2-3-7-18)23-10-14(26)24-13-5-4-12(19)15(20)16(13)21/h4-5H,2-3,6-11H2,1H3,(H,22,23)(H,24,26). The fourth-order valence-corrected chi connectivity index (χ4v) is 3.96. The molecule has 1 spiro atoms. The van der Waals surface area contributed by atoms with Crippen LogP contribution in [0.1, 0.15) is 32.1 Å². The minimum absolute atomic E-state index is 0.144. The molecular weight excluding hydrogens is 345 g/mol. The van der Waals surface area contributed by atoms with E-state index in [1.165, 1.54) is 25.7 Å². The number of hydrogen-bond donors (Lipinski definition) is 2. The van der Waals surface area contributed by atoms with Crippen molar-refractivity contribution < 1.29 is 18.0 Å². The van der Waals surface area contributed by atoms with E-state index in [2.05, 4.69) is 20.5 Å². The topological polar surface area (TPSA) is 56.7 Å². The molecule has 0 atom stereocenters. The van der Waals surface area contributed by atoms with Gasteiger partial charge in [0.15, 0.2) is 23.4 Å².